The molecular formula is C21H25N7O. The minimum Gasteiger partial charge on any atom is -0.381 e. The fourth-order valence-corrected chi connectivity index (χ4v) is 3.71. The van der Waals surface area contributed by atoms with Crippen molar-refractivity contribution in [2.24, 2.45) is 0 Å². The summed E-state index contributed by atoms with van der Waals surface area (Å²) in [5.74, 6) is 0.538. The number of hydrogen-bond acceptors (Lipinski definition) is 6. The molecule has 0 fully saturated rings. The van der Waals surface area contributed by atoms with Gasteiger partial charge in [0.1, 0.15) is 0 Å². The van der Waals surface area contributed by atoms with Crippen molar-refractivity contribution in [1.29, 1.82) is 0 Å². The van der Waals surface area contributed by atoms with Gasteiger partial charge in [-0.2, -0.15) is 5.10 Å². The molecule has 2 N–H and O–H groups in total. The SMILES string of the molecule is Cc1cc(-c2cnc(N)c(-n3cc(C(=O)N(C)C)cn3)n2)cc2c1CCN(C)C2. The minimum atomic E-state index is -0.131. The van der Waals surface area contributed by atoms with Crippen molar-refractivity contribution >= 4 is 11.7 Å². The molecule has 0 spiro atoms. The number of aromatic nitrogens is 4. The van der Waals surface area contributed by atoms with Gasteiger partial charge in [-0.15, -0.1) is 0 Å². The van der Waals surface area contributed by atoms with Gasteiger partial charge in [-0.1, -0.05) is 0 Å². The second-order valence-electron chi connectivity index (χ2n) is 7.76. The summed E-state index contributed by atoms with van der Waals surface area (Å²) in [6, 6.07) is 4.34. The Bertz CT molecular complexity index is 1090. The van der Waals surface area contributed by atoms with Crippen LogP contribution >= 0.6 is 0 Å². The van der Waals surface area contributed by atoms with Crippen molar-refractivity contribution in [3.63, 3.8) is 0 Å². The van der Waals surface area contributed by atoms with Crippen molar-refractivity contribution in [3.8, 4) is 17.1 Å². The maximum atomic E-state index is 12.2. The summed E-state index contributed by atoms with van der Waals surface area (Å²) in [5, 5.41) is 4.26. The number of anilines is 1. The number of aryl methyl sites for hydroxylation is 1. The van der Waals surface area contributed by atoms with E-state index in [2.05, 4.69) is 41.1 Å². The molecule has 8 nitrogen and oxygen atoms in total. The smallest absolute Gasteiger partial charge is 0.256 e. The zero-order valence-electron chi connectivity index (χ0n) is 17.2. The first kappa shape index (κ1) is 19.1. The Morgan fingerprint density at radius 2 is 2.03 bits per heavy atom. The molecule has 3 heterocycles. The van der Waals surface area contributed by atoms with E-state index in [0.717, 1.165) is 30.8 Å². The fraction of sp³-hybridized carbons (Fsp3) is 0.333. The molecule has 1 amide bonds. The predicted octanol–water partition coefficient (Wildman–Crippen LogP) is 1.91. The summed E-state index contributed by atoms with van der Waals surface area (Å²) >= 11 is 0. The highest BCUT2D eigenvalue weighted by atomic mass is 16.2. The third kappa shape index (κ3) is 3.58. The van der Waals surface area contributed by atoms with E-state index in [4.69, 9.17) is 10.7 Å². The Balaban J connectivity index is 1.74. The molecule has 0 aliphatic carbocycles. The standard InChI is InChI=1S/C21H25N7O/c1-13-7-14(8-15-11-27(4)6-5-17(13)15)18-10-23-19(22)20(25-18)28-12-16(9-24-28)21(29)26(2)3/h7-10,12H,5-6,11H2,1-4H3,(H2,22,23). The second kappa shape index (κ2) is 7.29. The Morgan fingerprint density at radius 3 is 2.79 bits per heavy atom. The van der Waals surface area contributed by atoms with Gasteiger partial charge in [-0.25, -0.2) is 14.6 Å². The first-order valence-electron chi connectivity index (χ1n) is 9.54. The lowest BCUT2D eigenvalue weighted by Gasteiger charge is -2.27. The van der Waals surface area contributed by atoms with Crippen molar-refractivity contribution in [2.45, 2.75) is 19.9 Å². The molecule has 4 rings (SSSR count). The van der Waals surface area contributed by atoms with Crippen molar-refractivity contribution < 1.29 is 4.79 Å². The van der Waals surface area contributed by atoms with Crippen molar-refractivity contribution in [2.75, 3.05) is 33.4 Å². The zero-order chi connectivity index (χ0) is 20.7. The first-order chi connectivity index (χ1) is 13.8. The largest absolute Gasteiger partial charge is 0.381 e. The van der Waals surface area contributed by atoms with Crippen molar-refractivity contribution in [1.82, 2.24) is 29.5 Å². The van der Waals surface area contributed by atoms with Gasteiger partial charge in [-0.05, 0) is 49.2 Å². The van der Waals surface area contributed by atoms with Gasteiger partial charge in [-0.3, -0.25) is 4.79 Å². The van der Waals surface area contributed by atoms with Crippen LogP contribution in [0, 0.1) is 6.92 Å². The van der Waals surface area contributed by atoms with E-state index < -0.39 is 0 Å². The Kier molecular flexibility index (Phi) is 4.79. The summed E-state index contributed by atoms with van der Waals surface area (Å²) < 4.78 is 1.50. The van der Waals surface area contributed by atoms with Crippen LogP contribution < -0.4 is 5.73 Å². The second-order valence-corrected chi connectivity index (χ2v) is 7.76. The fourth-order valence-electron chi connectivity index (χ4n) is 3.71. The number of hydrogen-bond donors (Lipinski definition) is 1. The molecule has 0 atom stereocenters. The molecule has 0 radical (unpaired) electrons. The molecule has 1 aliphatic rings. The molecule has 0 bridgehead atoms. The van der Waals surface area contributed by atoms with E-state index in [9.17, 15) is 4.79 Å². The molecule has 0 saturated heterocycles. The Labute approximate surface area is 170 Å². The number of nitrogens with zero attached hydrogens (tertiary/aromatic N) is 6. The number of likely N-dealkylation sites (N-methyl/N-ethyl adjacent to an activating group) is 1. The lowest BCUT2D eigenvalue weighted by Crippen LogP contribution is -2.27. The number of carbonyl (C=O) groups is 1. The van der Waals surface area contributed by atoms with Crippen LogP contribution in [-0.4, -0.2) is 63.1 Å². The number of benzene rings is 1. The normalized spacial score (nSPS) is 13.9. The summed E-state index contributed by atoms with van der Waals surface area (Å²) in [7, 11) is 5.53. The summed E-state index contributed by atoms with van der Waals surface area (Å²) in [6.07, 6.45) is 5.88. The quantitative estimate of drug-likeness (QED) is 0.733. The van der Waals surface area contributed by atoms with Crippen LogP contribution in [0.5, 0.6) is 0 Å². The molecule has 1 aliphatic heterocycles. The van der Waals surface area contributed by atoms with Crippen LogP contribution in [0.2, 0.25) is 0 Å². The van der Waals surface area contributed by atoms with Gasteiger partial charge in [0.25, 0.3) is 5.91 Å². The Morgan fingerprint density at radius 1 is 1.24 bits per heavy atom. The number of amides is 1. The predicted molar refractivity (Wildman–Crippen MR) is 112 cm³/mol. The van der Waals surface area contributed by atoms with E-state index in [0.29, 0.717) is 11.4 Å². The molecule has 29 heavy (non-hydrogen) atoms. The Hall–Kier alpha value is -3.26. The lowest BCUT2D eigenvalue weighted by atomic mass is 9.92. The third-order valence-electron chi connectivity index (χ3n) is 5.28. The van der Waals surface area contributed by atoms with Crippen LogP contribution in [0.25, 0.3) is 17.1 Å². The van der Waals surface area contributed by atoms with Crippen molar-refractivity contribution in [3.05, 3.63) is 53.0 Å². The number of carbonyl (C=O) groups excluding carboxylic acids is 1. The monoisotopic (exact) mass is 391 g/mol. The van der Waals surface area contributed by atoms with Gasteiger partial charge < -0.3 is 15.5 Å². The topological polar surface area (TPSA) is 93.2 Å². The van der Waals surface area contributed by atoms with Crippen LogP contribution in [-0.2, 0) is 13.0 Å². The molecule has 1 aromatic carbocycles. The maximum absolute atomic E-state index is 12.2. The highest BCUT2D eigenvalue weighted by Crippen LogP contribution is 2.29. The highest BCUT2D eigenvalue weighted by Gasteiger charge is 2.18. The van der Waals surface area contributed by atoms with Crippen LogP contribution in [0.1, 0.15) is 27.0 Å². The molecule has 2 aromatic heterocycles. The molecule has 150 valence electrons. The molecule has 0 unspecified atom stereocenters. The zero-order valence-corrected chi connectivity index (χ0v) is 17.2. The van der Waals surface area contributed by atoms with E-state index in [1.54, 1.807) is 26.5 Å². The van der Waals surface area contributed by atoms with Gasteiger partial charge in [0.15, 0.2) is 11.6 Å². The highest BCUT2D eigenvalue weighted by molar-refractivity contribution is 5.93. The lowest BCUT2D eigenvalue weighted by molar-refractivity contribution is 0.0827. The number of nitrogens with two attached hydrogens (primary N) is 1. The van der Waals surface area contributed by atoms with Gasteiger partial charge in [0.05, 0.1) is 23.7 Å². The summed E-state index contributed by atoms with van der Waals surface area (Å²) in [5.41, 5.74) is 12.3. The first-order valence-corrected chi connectivity index (χ1v) is 9.54. The summed E-state index contributed by atoms with van der Waals surface area (Å²) in [4.78, 5) is 25.0. The van der Waals surface area contributed by atoms with E-state index in [-0.39, 0.29) is 11.7 Å². The van der Waals surface area contributed by atoms with Gasteiger partial charge in [0, 0.05) is 38.9 Å². The molecule has 3 aromatic rings. The van der Waals surface area contributed by atoms with Gasteiger partial charge >= 0.3 is 0 Å². The van der Waals surface area contributed by atoms with E-state index in [1.165, 1.54) is 32.5 Å². The van der Waals surface area contributed by atoms with Crippen LogP contribution in [0.15, 0.2) is 30.7 Å². The average molecular weight is 391 g/mol. The number of fused-ring (bicyclic) bond motifs is 1. The summed E-state index contributed by atoms with van der Waals surface area (Å²) in [6.45, 7) is 4.15. The third-order valence-corrected chi connectivity index (χ3v) is 5.28. The number of rotatable bonds is 3. The molecular weight excluding hydrogens is 366 g/mol. The van der Waals surface area contributed by atoms with Crippen LogP contribution in [0.4, 0.5) is 5.82 Å². The van der Waals surface area contributed by atoms with E-state index in [1.807, 2.05) is 0 Å². The van der Waals surface area contributed by atoms with Crippen LogP contribution in [0.3, 0.4) is 0 Å². The molecule has 0 saturated carbocycles. The average Bonchev–Trinajstić information content (AvgIpc) is 3.17. The number of nitrogen functional groups attached to an aromatic ring is 1. The van der Waals surface area contributed by atoms with E-state index >= 15 is 0 Å². The molecule has 8 heteroatoms. The minimum absolute atomic E-state index is 0.131. The maximum Gasteiger partial charge on any atom is 0.256 e. The van der Waals surface area contributed by atoms with Gasteiger partial charge in [0.2, 0.25) is 0 Å².